The zero-order valence-corrected chi connectivity index (χ0v) is 11.2. The first-order valence-corrected chi connectivity index (χ1v) is 6.61. The summed E-state index contributed by atoms with van der Waals surface area (Å²) in [7, 11) is 0. The summed E-state index contributed by atoms with van der Waals surface area (Å²) in [6, 6.07) is 5.50. The summed E-state index contributed by atoms with van der Waals surface area (Å²) in [5.74, 6) is -0.368. The molecular weight excluding hydrogens is 244 g/mol. The molecule has 0 spiro atoms. The van der Waals surface area contributed by atoms with E-state index in [0.717, 1.165) is 31.8 Å². The average Bonchev–Trinajstić information content (AvgIpc) is 2.68. The summed E-state index contributed by atoms with van der Waals surface area (Å²) >= 11 is 0. The second-order valence-electron chi connectivity index (χ2n) is 4.44. The van der Waals surface area contributed by atoms with Crippen LogP contribution in [-0.4, -0.2) is 38.9 Å². The molecule has 0 unspecified atom stereocenters. The molecule has 0 amide bonds. The molecule has 2 N–H and O–H groups in total. The third-order valence-electron chi connectivity index (χ3n) is 3.12. The van der Waals surface area contributed by atoms with Crippen molar-refractivity contribution in [3.05, 3.63) is 23.8 Å². The number of nitrogens with zero attached hydrogens (tertiary/aromatic N) is 1. The van der Waals surface area contributed by atoms with Crippen molar-refractivity contribution in [2.75, 3.05) is 43.5 Å². The van der Waals surface area contributed by atoms with Crippen LogP contribution in [0, 0.1) is 0 Å². The first kappa shape index (κ1) is 13.7. The molecular formula is C14H20N2O3. The summed E-state index contributed by atoms with van der Waals surface area (Å²) in [6.07, 6.45) is 0.985. The largest absolute Gasteiger partial charge is 0.462 e. The molecule has 0 aromatic heterocycles. The van der Waals surface area contributed by atoms with Gasteiger partial charge in [0.1, 0.15) is 0 Å². The maximum Gasteiger partial charge on any atom is 0.340 e. The molecule has 1 fully saturated rings. The Bertz CT molecular complexity index is 440. The fourth-order valence-electron chi connectivity index (χ4n) is 2.13. The van der Waals surface area contributed by atoms with Crippen LogP contribution in [-0.2, 0) is 9.47 Å². The molecule has 0 saturated carbocycles. The molecule has 1 heterocycles. The van der Waals surface area contributed by atoms with Crippen molar-refractivity contribution in [1.82, 2.24) is 0 Å². The van der Waals surface area contributed by atoms with Gasteiger partial charge in [-0.1, -0.05) is 0 Å². The van der Waals surface area contributed by atoms with Crippen LogP contribution in [0.15, 0.2) is 18.2 Å². The number of carbonyl (C=O) groups is 1. The Morgan fingerprint density at radius 2 is 2.26 bits per heavy atom. The van der Waals surface area contributed by atoms with Crippen molar-refractivity contribution in [3.8, 4) is 0 Å². The molecule has 5 nitrogen and oxygen atoms in total. The molecule has 104 valence electrons. The number of esters is 1. The van der Waals surface area contributed by atoms with Crippen LogP contribution < -0.4 is 10.6 Å². The van der Waals surface area contributed by atoms with E-state index in [0.29, 0.717) is 24.5 Å². The Morgan fingerprint density at radius 3 is 3.05 bits per heavy atom. The van der Waals surface area contributed by atoms with Crippen LogP contribution in [0.5, 0.6) is 0 Å². The Labute approximate surface area is 113 Å². The highest BCUT2D eigenvalue weighted by molar-refractivity contribution is 5.96. The number of ether oxygens (including phenoxy) is 2. The number of hydrogen-bond donors (Lipinski definition) is 1. The van der Waals surface area contributed by atoms with Gasteiger partial charge in [-0.25, -0.2) is 4.79 Å². The Morgan fingerprint density at radius 1 is 1.42 bits per heavy atom. The fourth-order valence-corrected chi connectivity index (χ4v) is 2.13. The molecule has 0 aliphatic carbocycles. The summed E-state index contributed by atoms with van der Waals surface area (Å²) in [6.45, 7) is 5.37. The Balaban J connectivity index is 2.21. The minimum Gasteiger partial charge on any atom is -0.462 e. The van der Waals surface area contributed by atoms with Gasteiger partial charge in [-0.3, -0.25) is 0 Å². The third-order valence-corrected chi connectivity index (χ3v) is 3.12. The summed E-state index contributed by atoms with van der Waals surface area (Å²) in [4.78, 5) is 14.0. The standard InChI is InChI=1S/C14H20N2O3/c1-2-19-14(17)12-10-11(4-5-13(12)15)16-6-3-8-18-9-7-16/h4-5,10H,2-3,6-9,15H2,1H3. The molecule has 1 aromatic rings. The number of nitrogen functional groups attached to an aromatic ring is 1. The molecule has 1 aromatic carbocycles. The first-order chi connectivity index (χ1) is 9.22. The van der Waals surface area contributed by atoms with E-state index in [1.54, 1.807) is 19.1 Å². The molecule has 1 aliphatic heterocycles. The second kappa shape index (κ2) is 6.43. The van der Waals surface area contributed by atoms with Crippen molar-refractivity contribution in [2.24, 2.45) is 0 Å². The quantitative estimate of drug-likeness (QED) is 0.664. The fraction of sp³-hybridized carbons (Fsp3) is 0.500. The molecule has 19 heavy (non-hydrogen) atoms. The van der Waals surface area contributed by atoms with E-state index in [1.165, 1.54) is 0 Å². The van der Waals surface area contributed by atoms with E-state index >= 15 is 0 Å². The van der Waals surface area contributed by atoms with E-state index in [1.807, 2.05) is 6.07 Å². The van der Waals surface area contributed by atoms with Crippen LogP contribution in [0.2, 0.25) is 0 Å². The van der Waals surface area contributed by atoms with Gasteiger partial charge in [-0.2, -0.15) is 0 Å². The number of rotatable bonds is 3. The molecule has 0 radical (unpaired) electrons. The van der Waals surface area contributed by atoms with Crippen molar-refractivity contribution in [3.63, 3.8) is 0 Å². The van der Waals surface area contributed by atoms with Crippen LogP contribution in [0.4, 0.5) is 11.4 Å². The number of benzene rings is 1. The first-order valence-electron chi connectivity index (χ1n) is 6.61. The van der Waals surface area contributed by atoms with Crippen molar-refractivity contribution < 1.29 is 14.3 Å². The maximum atomic E-state index is 11.8. The van der Waals surface area contributed by atoms with Gasteiger partial charge in [-0.05, 0) is 31.5 Å². The molecule has 0 bridgehead atoms. The summed E-state index contributed by atoms with van der Waals surface area (Å²) < 4.78 is 10.4. The third kappa shape index (κ3) is 3.38. The van der Waals surface area contributed by atoms with Gasteiger partial charge in [0, 0.05) is 31.1 Å². The summed E-state index contributed by atoms with van der Waals surface area (Å²) in [5, 5.41) is 0. The van der Waals surface area contributed by atoms with E-state index in [9.17, 15) is 4.79 Å². The van der Waals surface area contributed by atoms with E-state index < -0.39 is 0 Å². The van der Waals surface area contributed by atoms with Gasteiger partial charge in [0.15, 0.2) is 0 Å². The van der Waals surface area contributed by atoms with E-state index in [2.05, 4.69) is 4.90 Å². The van der Waals surface area contributed by atoms with Crippen molar-refractivity contribution in [1.29, 1.82) is 0 Å². The van der Waals surface area contributed by atoms with Crippen molar-refractivity contribution >= 4 is 17.3 Å². The molecule has 1 saturated heterocycles. The normalized spacial score (nSPS) is 15.9. The van der Waals surface area contributed by atoms with Crippen LogP contribution in [0.25, 0.3) is 0 Å². The van der Waals surface area contributed by atoms with Gasteiger partial charge in [0.05, 0.1) is 18.8 Å². The lowest BCUT2D eigenvalue weighted by Gasteiger charge is -2.22. The van der Waals surface area contributed by atoms with Crippen LogP contribution in [0.1, 0.15) is 23.7 Å². The topological polar surface area (TPSA) is 64.8 Å². The van der Waals surface area contributed by atoms with Crippen LogP contribution >= 0.6 is 0 Å². The average molecular weight is 264 g/mol. The summed E-state index contributed by atoms with van der Waals surface area (Å²) in [5.41, 5.74) is 7.71. The number of nitrogens with two attached hydrogens (primary N) is 1. The lowest BCUT2D eigenvalue weighted by Crippen LogP contribution is -2.26. The molecule has 5 heteroatoms. The highest BCUT2D eigenvalue weighted by Gasteiger charge is 2.15. The monoisotopic (exact) mass is 264 g/mol. The molecule has 0 atom stereocenters. The SMILES string of the molecule is CCOC(=O)c1cc(N2CCCOCC2)ccc1N. The van der Waals surface area contributed by atoms with Gasteiger partial charge in [-0.15, -0.1) is 0 Å². The predicted molar refractivity (Wildman–Crippen MR) is 74.5 cm³/mol. The maximum absolute atomic E-state index is 11.8. The smallest absolute Gasteiger partial charge is 0.340 e. The van der Waals surface area contributed by atoms with Gasteiger partial charge in [0.2, 0.25) is 0 Å². The minimum absolute atomic E-state index is 0.347. The highest BCUT2D eigenvalue weighted by atomic mass is 16.5. The highest BCUT2D eigenvalue weighted by Crippen LogP contribution is 2.23. The Kier molecular flexibility index (Phi) is 4.63. The van der Waals surface area contributed by atoms with Gasteiger partial charge < -0.3 is 20.1 Å². The lowest BCUT2D eigenvalue weighted by atomic mass is 10.1. The zero-order valence-electron chi connectivity index (χ0n) is 11.2. The molecule has 2 rings (SSSR count). The number of hydrogen-bond acceptors (Lipinski definition) is 5. The van der Waals surface area contributed by atoms with Crippen LogP contribution in [0.3, 0.4) is 0 Å². The Hall–Kier alpha value is -1.75. The van der Waals surface area contributed by atoms with Gasteiger partial charge in [0.25, 0.3) is 0 Å². The lowest BCUT2D eigenvalue weighted by molar-refractivity contribution is 0.0527. The van der Waals surface area contributed by atoms with Gasteiger partial charge >= 0.3 is 5.97 Å². The minimum atomic E-state index is -0.368. The zero-order chi connectivity index (χ0) is 13.7. The predicted octanol–water partition coefficient (Wildman–Crippen LogP) is 1.67. The van der Waals surface area contributed by atoms with E-state index in [-0.39, 0.29) is 5.97 Å². The second-order valence-corrected chi connectivity index (χ2v) is 4.44. The molecule has 1 aliphatic rings. The van der Waals surface area contributed by atoms with Crippen molar-refractivity contribution in [2.45, 2.75) is 13.3 Å². The van der Waals surface area contributed by atoms with E-state index in [4.69, 9.17) is 15.2 Å². The number of carbonyl (C=O) groups excluding carboxylic acids is 1. The number of anilines is 2.